The van der Waals surface area contributed by atoms with E-state index < -0.39 is 0 Å². The summed E-state index contributed by atoms with van der Waals surface area (Å²) in [4.78, 5) is 18.1. The quantitative estimate of drug-likeness (QED) is 0.193. The van der Waals surface area contributed by atoms with Crippen molar-refractivity contribution in [3.05, 3.63) is 198 Å². The molecule has 7 aromatic carbocycles. The zero-order valence-corrected chi connectivity index (χ0v) is 30.5. The molecule has 0 radical (unpaired) electrons. The summed E-state index contributed by atoms with van der Waals surface area (Å²) in [5.74, 6) is 0.855. The van der Waals surface area contributed by atoms with Crippen LogP contribution in [0.4, 0.5) is 0 Å². The van der Waals surface area contributed by atoms with E-state index in [0.717, 1.165) is 55.9 Å². The Morgan fingerprint density at radius 2 is 0.964 bits per heavy atom. The molecule has 1 aliphatic heterocycles. The molecule has 0 spiro atoms. The summed E-state index contributed by atoms with van der Waals surface area (Å²) in [6.07, 6.45) is 1.87. The van der Waals surface area contributed by atoms with E-state index >= 15 is 0 Å². The lowest BCUT2D eigenvalue weighted by molar-refractivity contribution is 0.660. The molecule has 9 aromatic rings. The Kier molecular flexibility index (Phi) is 7.70. The normalized spacial score (nSPS) is 14.3. The molecule has 3 heterocycles. The first-order valence-electron chi connectivity index (χ1n) is 18.6. The molecule has 1 atom stereocenters. The van der Waals surface area contributed by atoms with Crippen molar-refractivity contribution in [2.45, 2.75) is 6.17 Å². The number of hydrogen-bond donors (Lipinski definition) is 1. The highest BCUT2D eigenvalue weighted by atomic mass is 16.1. The minimum absolute atomic E-state index is 0.0335. The lowest BCUT2D eigenvalue weighted by Crippen LogP contribution is -2.27. The summed E-state index contributed by atoms with van der Waals surface area (Å²) in [6.45, 7) is 0. The molecule has 1 unspecified atom stereocenters. The van der Waals surface area contributed by atoms with E-state index in [4.69, 9.17) is 4.99 Å². The van der Waals surface area contributed by atoms with E-state index in [9.17, 15) is 4.79 Å². The third-order valence-corrected chi connectivity index (χ3v) is 10.9. The fraction of sp³-hybridized carbons (Fsp3) is 0.0612. The molecule has 0 fully saturated rings. The highest BCUT2D eigenvalue weighted by molar-refractivity contribution is 6.19. The Labute approximate surface area is 318 Å². The van der Waals surface area contributed by atoms with Crippen molar-refractivity contribution < 1.29 is 0 Å². The van der Waals surface area contributed by atoms with Gasteiger partial charge in [0.2, 0.25) is 0 Å². The molecule has 2 aromatic heterocycles. The molecular formula is C49H37N5O. The summed E-state index contributed by atoms with van der Waals surface area (Å²) in [5, 5.41) is 6.13. The first kappa shape index (κ1) is 32.5. The van der Waals surface area contributed by atoms with Crippen LogP contribution in [-0.4, -0.2) is 19.5 Å². The molecule has 1 aliphatic rings. The average molecular weight is 712 g/mol. The van der Waals surface area contributed by atoms with Crippen molar-refractivity contribution in [2.24, 2.45) is 19.1 Å². The number of nitrogens with one attached hydrogen (secondary N) is 1. The molecule has 0 aliphatic carbocycles. The Hall–Kier alpha value is -7.18. The van der Waals surface area contributed by atoms with Crippen molar-refractivity contribution in [1.82, 2.24) is 19.0 Å². The minimum Gasteiger partial charge on any atom is -0.359 e. The summed E-state index contributed by atoms with van der Waals surface area (Å²) in [6, 6.07) is 59.9. The van der Waals surface area contributed by atoms with E-state index in [1.54, 1.807) is 9.13 Å². The van der Waals surface area contributed by atoms with Gasteiger partial charge in [0, 0.05) is 36.6 Å². The van der Waals surface area contributed by atoms with Gasteiger partial charge in [0.25, 0.3) is 0 Å². The summed E-state index contributed by atoms with van der Waals surface area (Å²) in [7, 11) is 3.64. The highest BCUT2D eigenvalue weighted by Crippen LogP contribution is 2.37. The second-order valence-corrected chi connectivity index (χ2v) is 14.2. The van der Waals surface area contributed by atoms with Crippen molar-refractivity contribution in [2.75, 3.05) is 0 Å². The topological polar surface area (TPSA) is 56.2 Å². The zero-order valence-electron chi connectivity index (χ0n) is 30.5. The number of rotatable bonds is 5. The van der Waals surface area contributed by atoms with Crippen LogP contribution in [-0.2, 0) is 14.1 Å². The van der Waals surface area contributed by atoms with Gasteiger partial charge in [0.15, 0.2) is 0 Å². The number of fused-ring (bicyclic) bond motifs is 4. The molecular weight excluding hydrogens is 675 g/mol. The fourth-order valence-electron chi connectivity index (χ4n) is 8.05. The fourth-order valence-corrected chi connectivity index (χ4v) is 8.05. The second-order valence-electron chi connectivity index (χ2n) is 14.2. The van der Waals surface area contributed by atoms with Crippen molar-refractivity contribution in [3.63, 3.8) is 0 Å². The molecule has 264 valence electrons. The lowest BCUT2D eigenvalue weighted by atomic mass is 10.00. The Balaban J connectivity index is 1.16. The summed E-state index contributed by atoms with van der Waals surface area (Å²) in [5.41, 5.74) is 13.9. The molecule has 6 heteroatoms. The SMILES string of the molecule is Cn1c(=O)n(C)c2cc(-c3cccc(C4=CC(n5c6ccc(-c7ccccc7)cc6c6cc(-c7ccccc7)ccc65)=NC(c5ccccc5)N4)c3)ccc21. The van der Waals surface area contributed by atoms with Gasteiger partial charge in [-0.05, 0) is 87.0 Å². The minimum atomic E-state index is -0.310. The number of hydrogen-bond acceptors (Lipinski definition) is 3. The van der Waals surface area contributed by atoms with Gasteiger partial charge in [-0.3, -0.25) is 13.7 Å². The van der Waals surface area contributed by atoms with Crippen LogP contribution in [0.25, 0.3) is 71.9 Å². The van der Waals surface area contributed by atoms with Gasteiger partial charge >= 0.3 is 5.69 Å². The van der Waals surface area contributed by atoms with Crippen LogP contribution in [0, 0.1) is 0 Å². The van der Waals surface area contributed by atoms with Gasteiger partial charge in [-0.15, -0.1) is 0 Å². The summed E-state index contributed by atoms with van der Waals surface area (Å²) < 4.78 is 5.72. The van der Waals surface area contributed by atoms with E-state index in [1.807, 2.05) is 26.2 Å². The molecule has 10 rings (SSSR count). The Morgan fingerprint density at radius 3 is 1.58 bits per heavy atom. The van der Waals surface area contributed by atoms with Crippen molar-refractivity contribution >= 4 is 44.4 Å². The first-order valence-corrected chi connectivity index (χ1v) is 18.6. The monoisotopic (exact) mass is 711 g/mol. The van der Waals surface area contributed by atoms with Crippen LogP contribution in [0.2, 0.25) is 0 Å². The van der Waals surface area contributed by atoms with Gasteiger partial charge in [0.05, 0.1) is 22.1 Å². The number of aryl methyl sites for hydroxylation is 2. The van der Waals surface area contributed by atoms with Gasteiger partial charge in [-0.25, -0.2) is 9.79 Å². The first-order chi connectivity index (χ1) is 27.0. The number of nitrogens with zero attached hydrogens (tertiary/aromatic N) is 4. The van der Waals surface area contributed by atoms with Gasteiger partial charge in [-0.2, -0.15) is 0 Å². The largest absolute Gasteiger partial charge is 0.359 e. The van der Waals surface area contributed by atoms with Crippen LogP contribution in [0.15, 0.2) is 186 Å². The van der Waals surface area contributed by atoms with E-state index in [0.29, 0.717) is 0 Å². The predicted molar refractivity (Wildman–Crippen MR) is 227 cm³/mol. The van der Waals surface area contributed by atoms with Gasteiger partial charge < -0.3 is 5.32 Å². The van der Waals surface area contributed by atoms with E-state index in [1.165, 1.54) is 33.0 Å². The molecule has 0 saturated carbocycles. The zero-order chi connectivity index (χ0) is 37.0. The predicted octanol–water partition coefficient (Wildman–Crippen LogP) is 10.6. The third-order valence-electron chi connectivity index (χ3n) is 10.9. The maximum atomic E-state index is 12.7. The smallest absolute Gasteiger partial charge is 0.328 e. The van der Waals surface area contributed by atoms with Crippen LogP contribution in [0.5, 0.6) is 0 Å². The standard InChI is InChI=1S/C49H37N5O/c1-52-45-26-23-38(30-46(45)53(2)49(52)55)35-19-12-20-39(27-35)42-31-47(51-48(50-42)34-17-10-5-11-18-34)54-43-24-21-36(32-13-6-3-7-14-32)28-40(43)41-29-37(22-25-44(41)54)33-15-8-4-9-16-33/h3-31,48,50H,1-2H3. The van der Waals surface area contributed by atoms with Crippen molar-refractivity contribution in [3.8, 4) is 33.4 Å². The number of benzene rings is 7. The lowest BCUT2D eigenvalue weighted by Gasteiger charge is -2.26. The van der Waals surface area contributed by atoms with Crippen LogP contribution < -0.4 is 11.0 Å². The van der Waals surface area contributed by atoms with Crippen LogP contribution >= 0.6 is 0 Å². The molecule has 0 bridgehead atoms. The number of allylic oxidation sites excluding steroid dienone is 1. The van der Waals surface area contributed by atoms with Gasteiger partial charge in [-0.1, -0.05) is 127 Å². The molecule has 1 N–H and O–H groups in total. The second kappa shape index (κ2) is 13.0. The molecule has 0 saturated heterocycles. The van der Waals surface area contributed by atoms with E-state index in [-0.39, 0.29) is 11.9 Å². The highest BCUT2D eigenvalue weighted by Gasteiger charge is 2.23. The average Bonchev–Trinajstić information content (AvgIpc) is 3.69. The van der Waals surface area contributed by atoms with Crippen LogP contribution in [0.1, 0.15) is 17.3 Å². The maximum absolute atomic E-state index is 12.7. The van der Waals surface area contributed by atoms with E-state index in [2.05, 4.69) is 174 Å². The number of aromatic nitrogens is 3. The third kappa shape index (κ3) is 5.58. The van der Waals surface area contributed by atoms with Gasteiger partial charge in [0.1, 0.15) is 12.0 Å². The molecule has 55 heavy (non-hydrogen) atoms. The molecule has 6 nitrogen and oxygen atoms in total. The molecule has 0 amide bonds. The number of imidazole rings is 1. The Bertz CT molecular complexity index is 2940. The van der Waals surface area contributed by atoms with Crippen molar-refractivity contribution in [1.29, 1.82) is 0 Å². The maximum Gasteiger partial charge on any atom is 0.328 e. The van der Waals surface area contributed by atoms with Crippen LogP contribution in [0.3, 0.4) is 0 Å². The number of aliphatic imine (C=N–C) groups is 1. The summed E-state index contributed by atoms with van der Waals surface area (Å²) >= 11 is 0. The Morgan fingerprint density at radius 1 is 0.473 bits per heavy atom.